The fourth-order valence-corrected chi connectivity index (χ4v) is 5.34. The molecular formula is C29H28N2O8S. The second-order valence-electron chi connectivity index (χ2n) is 8.59. The Morgan fingerprint density at radius 1 is 1.05 bits per heavy atom. The van der Waals surface area contributed by atoms with Gasteiger partial charge in [-0.25, -0.2) is 9.79 Å². The quantitative estimate of drug-likeness (QED) is 0.221. The maximum Gasteiger partial charge on any atom is 0.338 e. The van der Waals surface area contributed by atoms with Crippen molar-refractivity contribution in [3.8, 4) is 23.0 Å². The molecule has 1 atom stereocenters. The van der Waals surface area contributed by atoms with E-state index < -0.39 is 18.0 Å². The van der Waals surface area contributed by atoms with Crippen LogP contribution in [0.4, 0.5) is 0 Å². The largest absolute Gasteiger partial charge is 0.493 e. The van der Waals surface area contributed by atoms with Crippen molar-refractivity contribution >= 4 is 29.4 Å². The SMILES string of the molecule is C=CCOc1ccc(C=c2sc3n(c2=O)C(c2ccc(OC(C)=O)c(OC)c2)C(C(=O)OC)=C(C)N=3)cc1OC. The van der Waals surface area contributed by atoms with Gasteiger partial charge in [-0.05, 0) is 48.4 Å². The number of benzene rings is 2. The number of nitrogens with zero attached hydrogens (tertiary/aromatic N) is 2. The van der Waals surface area contributed by atoms with E-state index in [-0.39, 0.29) is 22.6 Å². The van der Waals surface area contributed by atoms with Crippen LogP contribution >= 0.6 is 11.3 Å². The number of rotatable bonds is 9. The van der Waals surface area contributed by atoms with Crippen LogP contribution in [-0.4, -0.2) is 44.4 Å². The molecule has 1 aliphatic rings. The fraction of sp³-hybridized carbons (Fsp3) is 0.241. The summed E-state index contributed by atoms with van der Waals surface area (Å²) in [5, 5.41) is 0. The van der Waals surface area contributed by atoms with Crippen LogP contribution in [-0.2, 0) is 14.3 Å². The van der Waals surface area contributed by atoms with Gasteiger partial charge in [0, 0.05) is 6.92 Å². The molecule has 208 valence electrons. The minimum absolute atomic E-state index is 0.203. The lowest BCUT2D eigenvalue weighted by atomic mass is 9.95. The van der Waals surface area contributed by atoms with Gasteiger partial charge in [0.25, 0.3) is 5.56 Å². The van der Waals surface area contributed by atoms with Gasteiger partial charge in [-0.1, -0.05) is 36.1 Å². The van der Waals surface area contributed by atoms with E-state index in [2.05, 4.69) is 11.6 Å². The van der Waals surface area contributed by atoms with E-state index in [1.54, 1.807) is 55.5 Å². The number of hydrogen-bond acceptors (Lipinski definition) is 10. The Morgan fingerprint density at radius 2 is 1.75 bits per heavy atom. The monoisotopic (exact) mass is 564 g/mol. The lowest BCUT2D eigenvalue weighted by Crippen LogP contribution is -2.39. The molecule has 1 aromatic heterocycles. The zero-order valence-corrected chi connectivity index (χ0v) is 23.5. The summed E-state index contributed by atoms with van der Waals surface area (Å²) in [7, 11) is 4.23. The van der Waals surface area contributed by atoms with Crippen molar-refractivity contribution in [1.29, 1.82) is 0 Å². The number of allylic oxidation sites excluding steroid dienone is 1. The molecule has 0 radical (unpaired) electrons. The summed E-state index contributed by atoms with van der Waals surface area (Å²) in [6.07, 6.45) is 3.36. The van der Waals surface area contributed by atoms with Crippen LogP contribution in [0.5, 0.6) is 23.0 Å². The lowest BCUT2D eigenvalue weighted by molar-refractivity contribution is -0.136. The highest BCUT2D eigenvalue weighted by Gasteiger charge is 2.33. The molecule has 0 aliphatic carbocycles. The number of fused-ring (bicyclic) bond motifs is 1. The molecule has 3 aromatic rings. The standard InChI is InChI=1S/C29H28N2O8S/c1-7-12-38-20-10-8-18(13-22(20)35-4)14-24-27(33)31-26(25(28(34)37-6)16(2)30-29(31)40-24)19-9-11-21(39-17(3)32)23(15-19)36-5/h7-11,13-15,26H,1,12H2,2-6H3. The van der Waals surface area contributed by atoms with Gasteiger partial charge >= 0.3 is 11.9 Å². The van der Waals surface area contributed by atoms with Gasteiger partial charge in [-0.15, -0.1) is 0 Å². The van der Waals surface area contributed by atoms with Gasteiger partial charge in [-0.3, -0.25) is 14.2 Å². The zero-order chi connectivity index (χ0) is 29.0. The molecule has 0 saturated carbocycles. The molecule has 0 N–H and O–H groups in total. The van der Waals surface area contributed by atoms with Crippen molar-refractivity contribution in [2.24, 2.45) is 4.99 Å². The van der Waals surface area contributed by atoms with Crippen molar-refractivity contribution in [2.75, 3.05) is 27.9 Å². The Morgan fingerprint density at radius 3 is 2.40 bits per heavy atom. The van der Waals surface area contributed by atoms with E-state index in [4.69, 9.17) is 23.7 Å². The molecule has 1 aliphatic heterocycles. The number of ether oxygens (including phenoxy) is 5. The van der Waals surface area contributed by atoms with Crippen LogP contribution in [0.2, 0.25) is 0 Å². The molecule has 0 saturated heterocycles. The van der Waals surface area contributed by atoms with Crippen molar-refractivity contribution in [3.05, 3.63) is 91.1 Å². The molecule has 40 heavy (non-hydrogen) atoms. The number of esters is 2. The summed E-state index contributed by atoms with van der Waals surface area (Å²) in [5.41, 5.74) is 1.52. The maximum atomic E-state index is 13.8. The third kappa shape index (κ3) is 5.55. The Balaban J connectivity index is 1.89. The first kappa shape index (κ1) is 28.4. The molecule has 0 fully saturated rings. The first-order valence-corrected chi connectivity index (χ1v) is 12.9. The van der Waals surface area contributed by atoms with Crippen molar-refractivity contribution in [1.82, 2.24) is 4.57 Å². The van der Waals surface area contributed by atoms with Crippen LogP contribution < -0.4 is 33.8 Å². The van der Waals surface area contributed by atoms with E-state index in [0.717, 1.165) is 0 Å². The second-order valence-corrected chi connectivity index (χ2v) is 9.60. The Labute approximate surface area is 234 Å². The lowest BCUT2D eigenvalue weighted by Gasteiger charge is -2.25. The average molecular weight is 565 g/mol. The minimum atomic E-state index is -0.865. The van der Waals surface area contributed by atoms with E-state index in [1.807, 2.05) is 0 Å². The minimum Gasteiger partial charge on any atom is -0.493 e. The van der Waals surface area contributed by atoms with E-state index in [0.29, 0.717) is 44.3 Å². The summed E-state index contributed by atoms with van der Waals surface area (Å²) in [6.45, 7) is 6.94. The van der Waals surface area contributed by atoms with Gasteiger partial charge in [-0.2, -0.15) is 0 Å². The molecule has 0 bridgehead atoms. The topological polar surface area (TPSA) is 115 Å². The summed E-state index contributed by atoms with van der Waals surface area (Å²) < 4.78 is 28.6. The highest BCUT2D eigenvalue weighted by atomic mass is 32.1. The Bertz CT molecular complexity index is 1700. The molecule has 1 unspecified atom stereocenters. The average Bonchev–Trinajstić information content (AvgIpc) is 3.24. The maximum absolute atomic E-state index is 13.8. The highest BCUT2D eigenvalue weighted by molar-refractivity contribution is 7.07. The van der Waals surface area contributed by atoms with Crippen molar-refractivity contribution in [3.63, 3.8) is 0 Å². The number of methoxy groups -OCH3 is 3. The van der Waals surface area contributed by atoms with Gasteiger partial charge in [0.05, 0.1) is 43.2 Å². The molecule has 10 nitrogen and oxygen atoms in total. The van der Waals surface area contributed by atoms with Crippen LogP contribution in [0.3, 0.4) is 0 Å². The first-order valence-electron chi connectivity index (χ1n) is 12.1. The summed E-state index contributed by atoms with van der Waals surface area (Å²) >= 11 is 1.19. The number of thiazole rings is 1. The van der Waals surface area contributed by atoms with Gasteiger partial charge in [0.15, 0.2) is 27.8 Å². The predicted octanol–water partition coefficient (Wildman–Crippen LogP) is 2.92. The van der Waals surface area contributed by atoms with Crippen LogP contribution in [0.15, 0.2) is 70.1 Å². The number of carbonyl (C=O) groups excluding carboxylic acids is 2. The summed E-state index contributed by atoms with van der Waals surface area (Å²) in [5.74, 6) is 0.390. The van der Waals surface area contributed by atoms with Gasteiger partial charge < -0.3 is 23.7 Å². The normalized spacial score (nSPS) is 14.6. The molecular weight excluding hydrogens is 536 g/mol. The Hall–Kier alpha value is -4.64. The predicted molar refractivity (Wildman–Crippen MR) is 149 cm³/mol. The molecule has 0 spiro atoms. The highest BCUT2D eigenvalue weighted by Crippen LogP contribution is 2.36. The van der Waals surface area contributed by atoms with Crippen LogP contribution in [0.25, 0.3) is 6.08 Å². The third-order valence-electron chi connectivity index (χ3n) is 6.03. The smallest absolute Gasteiger partial charge is 0.338 e. The number of carbonyl (C=O) groups is 2. The van der Waals surface area contributed by atoms with Crippen molar-refractivity contribution in [2.45, 2.75) is 19.9 Å². The second kappa shape index (κ2) is 12.0. The number of hydrogen-bond donors (Lipinski definition) is 0. The fourth-order valence-electron chi connectivity index (χ4n) is 4.29. The number of aromatic nitrogens is 1. The Kier molecular flexibility index (Phi) is 8.54. The first-order chi connectivity index (χ1) is 19.2. The molecule has 2 heterocycles. The summed E-state index contributed by atoms with van der Waals surface area (Å²) in [4.78, 5) is 43.3. The molecule has 11 heteroatoms. The van der Waals surface area contributed by atoms with Crippen molar-refractivity contribution < 1.29 is 33.3 Å². The zero-order valence-electron chi connectivity index (χ0n) is 22.7. The van der Waals surface area contributed by atoms with E-state index in [9.17, 15) is 14.4 Å². The summed E-state index contributed by atoms with van der Waals surface area (Å²) in [6, 6.07) is 9.29. The molecule has 2 aromatic carbocycles. The van der Waals surface area contributed by atoms with E-state index in [1.165, 1.54) is 44.2 Å². The van der Waals surface area contributed by atoms with Gasteiger partial charge in [0.2, 0.25) is 0 Å². The van der Waals surface area contributed by atoms with Crippen LogP contribution in [0, 0.1) is 0 Å². The molecule has 0 amide bonds. The third-order valence-corrected chi connectivity index (χ3v) is 7.01. The van der Waals surface area contributed by atoms with E-state index >= 15 is 0 Å². The molecule has 4 rings (SSSR count). The van der Waals surface area contributed by atoms with Gasteiger partial charge in [0.1, 0.15) is 6.61 Å². The van der Waals surface area contributed by atoms with Crippen LogP contribution in [0.1, 0.15) is 31.0 Å².